The summed E-state index contributed by atoms with van der Waals surface area (Å²) in [5, 5.41) is -0.941. The van der Waals surface area contributed by atoms with E-state index in [1.165, 1.54) is 27.7 Å². The van der Waals surface area contributed by atoms with Crippen LogP contribution in [0.1, 0.15) is 53.4 Å². The van der Waals surface area contributed by atoms with E-state index >= 15 is 8.78 Å². The summed E-state index contributed by atoms with van der Waals surface area (Å²) in [6.45, 7) is 4.74. The molecule has 6 N–H and O–H groups in total. The smallest absolute Gasteiger partial charge is 0.449 e. The number of carbonyl (C=O) groups is 3. The molecule has 11 atom stereocenters. The van der Waals surface area contributed by atoms with Gasteiger partial charge in [0.25, 0.3) is 0 Å². The number of thioether (sulfide) groups is 1. The Morgan fingerprint density at radius 1 is 1.20 bits per heavy atom. The molecule has 0 spiro atoms. The highest BCUT2D eigenvalue weighted by molar-refractivity contribution is 8.13. The first-order valence-corrected chi connectivity index (χ1v) is 18.5. The number of phosphoric ester groups is 2. The van der Waals surface area contributed by atoms with Crippen LogP contribution in [0, 0.1) is 22.7 Å². The van der Waals surface area contributed by atoms with Crippen molar-refractivity contribution in [1.29, 1.82) is 0 Å². The molecule has 0 bridgehead atoms. The van der Waals surface area contributed by atoms with Crippen molar-refractivity contribution in [2.75, 3.05) is 19.2 Å². The lowest BCUT2D eigenvalue weighted by molar-refractivity contribution is -0.233. The fraction of sp³-hybridized carbons (Fsp3) is 0.741. The molecule has 4 aliphatic rings. The van der Waals surface area contributed by atoms with Crippen LogP contribution in [0.25, 0.3) is 0 Å². The van der Waals surface area contributed by atoms with Gasteiger partial charge in [-0.2, -0.15) is 4.31 Å². The molecular weight excluding hydrogens is 679 g/mol. The molecule has 0 amide bonds. The molecule has 0 aromatic rings. The molecule has 19 heteroatoms. The number of carbonyl (C=O) groups excluding carboxylic acids is 3. The minimum absolute atomic E-state index is 0.127. The summed E-state index contributed by atoms with van der Waals surface area (Å²) in [4.78, 5) is 59.7. The first kappa shape index (κ1) is 37.4. The molecule has 0 aliphatic heterocycles. The fourth-order valence-corrected chi connectivity index (χ4v) is 11.5. The van der Waals surface area contributed by atoms with Crippen molar-refractivity contribution < 1.29 is 64.6 Å². The third-order valence-corrected chi connectivity index (χ3v) is 13.6. The Bertz CT molecular complexity index is 1450. The Labute approximate surface area is 268 Å². The summed E-state index contributed by atoms with van der Waals surface area (Å²) in [7, 11) is -11.1. The largest absolute Gasteiger partial charge is 0.481 e. The number of nitrogens with two attached hydrogens (primary N) is 2. The van der Waals surface area contributed by atoms with Crippen molar-refractivity contribution in [3.8, 4) is 0 Å². The number of halogens is 3. The van der Waals surface area contributed by atoms with Gasteiger partial charge < -0.3 is 26.0 Å². The summed E-state index contributed by atoms with van der Waals surface area (Å²) in [5.74, 6) is -3.66. The average molecular weight is 719 g/mol. The van der Waals surface area contributed by atoms with Crippen LogP contribution in [0.15, 0.2) is 23.8 Å². The number of alkyl halides is 3. The number of esters is 1. The van der Waals surface area contributed by atoms with Gasteiger partial charge in [-0.15, -0.1) is 0 Å². The zero-order chi connectivity index (χ0) is 34.7. The van der Waals surface area contributed by atoms with Crippen LogP contribution in [0.4, 0.5) is 13.2 Å². The Hall–Kier alpha value is -1.39. The van der Waals surface area contributed by atoms with Crippen LogP contribution in [-0.4, -0.2) is 74.9 Å². The summed E-state index contributed by atoms with van der Waals surface area (Å²) >= 11 is 0.198. The standard InChI is InChI=1S/C27H39F3N2O11P2S/c1-5-21(34)41-26(22(35)46-14-28)15(2)10-19-24(26,4)13-20(42-45(38,39)43-44(36,37)40-9-8-31)27(30)23(3)7-6-16(33)11-17(23)18(29)12-25(19,27)32/h6-7,11,15,18-20H,5,8-10,12-14,31-32H2,1-4H3,(H,36,37)(H,38,39)/t15-,18+,19-,20+,23?,24+,25-,26+,27+/m1/s1. The van der Waals surface area contributed by atoms with Crippen LogP contribution >= 0.6 is 27.4 Å². The van der Waals surface area contributed by atoms with E-state index in [1.54, 1.807) is 0 Å². The maximum atomic E-state index is 18.6. The summed E-state index contributed by atoms with van der Waals surface area (Å²) in [6.07, 6.45) is -3.19. The van der Waals surface area contributed by atoms with Crippen LogP contribution < -0.4 is 11.5 Å². The Morgan fingerprint density at radius 3 is 2.43 bits per heavy atom. The predicted octanol–water partition coefficient (Wildman–Crippen LogP) is 3.73. The van der Waals surface area contributed by atoms with Crippen molar-refractivity contribution in [2.45, 2.75) is 82.5 Å². The Balaban J connectivity index is 1.98. The van der Waals surface area contributed by atoms with Crippen molar-refractivity contribution in [3.05, 3.63) is 23.8 Å². The van der Waals surface area contributed by atoms with E-state index in [4.69, 9.17) is 20.7 Å². The van der Waals surface area contributed by atoms with Crippen molar-refractivity contribution in [3.63, 3.8) is 0 Å². The number of ketones is 1. The fourth-order valence-electron chi connectivity index (χ4n) is 8.43. The normalized spacial score (nSPS) is 42.6. The molecular formula is C27H39F3N2O11P2S. The zero-order valence-electron chi connectivity index (χ0n) is 25.7. The highest BCUT2D eigenvalue weighted by Gasteiger charge is 2.83. The minimum atomic E-state index is -5.79. The first-order chi connectivity index (χ1) is 21.1. The first-order valence-electron chi connectivity index (χ1n) is 14.6. The van der Waals surface area contributed by atoms with Gasteiger partial charge in [0.15, 0.2) is 17.1 Å². The SMILES string of the molecule is CCC(=O)O[C@]1(C(=O)SCF)[C@H](C)C[C@@H]2[C@]1(C)C[C@H](OP(=O)(O)OP(=O)(O)OCCN)[C@]1(F)C3(C)C=CC(=O)C=C3[C@@H](F)C[C@@]21N. The van der Waals surface area contributed by atoms with Crippen LogP contribution in [0.2, 0.25) is 0 Å². The van der Waals surface area contributed by atoms with Gasteiger partial charge in [0.2, 0.25) is 5.12 Å². The second-order valence-electron chi connectivity index (χ2n) is 12.6. The van der Waals surface area contributed by atoms with Crippen molar-refractivity contribution in [2.24, 2.45) is 34.1 Å². The molecule has 3 saturated carbocycles. The quantitative estimate of drug-likeness (QED) is 0.177. The monoisotopic (exact) mass is 718 g/mol. The lowest BCUT2D eigenvalue weighted by atomic mass is 9.41. The molecule has 3 fully saturated rings. The third kappa shape index (κ3) is 5.52. The average Bonchev–Trinajstić information content (AvgIpc) is 3.17. The predicted molar refractivity (Wildman–Crippen MR) is 159 cm³/mol. The molecule has 3 unspecified atom stereocenters. The number of hydrogen-bond acceptors (Lipinski definition) is 12. The molecule has 0 aromatic heterocycles. The lowest BCUT2D eigenvalue weighted by Gasteiger charge is -2.68. The molecule has 260 valence electrons. The Morgan fingerprint density at radius 2 is 1.85 bits per heavy atom. The van der Waals surface area contributed by atoms with Crippen molar-refractivity contribution >= 4 is 44.3 Å². The summed E-state index contributed by atoms with van der Waals surface area (Å²) in [5.41, 5.74) is 0.348. The van der Waals surface area contributed by atoms with Gasteiger partial charge in [-0.05, 0) is 55.2 Å². The van der Waals surface area contributed by atoms with E-state index < -0.39 is 110 Å². The number of hydrogen-bond donors (Lipinski definition) is 4. The topological polar surface area (TPSA) is 215 Å². The third-order valence-electron chi connectivity index (χ3n) is 10.2. The van der Waals surface area contributed by atoms with Gasteiger partial charge in [0.1, 0.15) is 18.3 Å². The van der Waals surface area contributed by atoms with Crippen LogP contribution in [-0.2, 0) is 41.6 Å². The van der Waals surface area contributed by atoms with Gasteiger partial charge >= 0.3 is 21.6 Å². The van der Waals surface area contributed by atoms with E-state index in [2.05, 4.69) is 8.83 Å². The van der Waals surface area contributed by atoms with Crippen molar-refractivity contribution in [1.82, 2.24) is 0 Å². The van der Waals surface area contributed by atoms with E-state index in [0.29, 0.717) is 0 Å². The number of ether oxygens (including phenoxy) is 1. The van der Waals surface area contributed by atoms with E-state index in [-0.39, 0.29) is 36.7 Å². The van der Waals surface area contributed by atoms with Gasteiger partial charge in [-0.3, -0.25) is 23.4 Å². The number of phosphoric acid groups is 2. The van der Waals surface area contributed by atoms with E-state index in [1.807, 2.05) is 0 Å². The Kier molecular flexibility index (Phi) is 10.2. The molecule has 4 aliphatic carbocycles. The summed E-state index contributed by atoms with van der Waals surface area (Å²) in [6, 6.07) is -1.22. The van der Waals surface area contributed by atoms with Crippen LogP contribution in [0.5, 0.6) is 0 Å². The van der Waals surface area contributed by atoms with Gasteiger partial charge in [0.05, 0.1) is 12.1 Å². The molecule has 0 aromatic carbocycles. The summed E-state index contributed by atoms with van der Waals surface area (Å²) < 4.78 is 94.3. The number of rotatable bonds is 11. The number of fused-ring (bicyclic) bond motifs is 5. The molecule has 0 saturated heterocycles. The second-order valence-corrected chi connectivity index (χ2v) is 16.5. The molecule has 13 nitrogen and oxygen atoms in total. The molecule has 4 rings (SSSR count). The van der Waals surface area contributed by atoms with Crippen LogP contribution in [0.3, 0.4) is 0 Å². The van der Waals surface area contributed by atoms with E-state index in [9.17, 15) is 37.7 Å². The number of allylic oxidation sites excluding steroid dienone is 4. The molecule has 0 radical (unpaired) electrons. The lowest BCUT2D eigenvalue weighted by Crippen LogP contribution is -2.82. The molecule has 0 heterocycles. The molecule has 46 heavy (non-hydrogen) atoms. The highest BCUT2D eigenvalue weighted by Crippen LogP contribution is 2.75. The van der Waals surface area contributed by atoms with E-state index in [0.717, 1.165) is 18.2 Å². The van der Waals surface area contributed by atoms with Gasteiger partial charge in [0, 0.05) is 36.1 Å². The maximum Gasteiger partial charge on any atom is 0.481 e. The minimum Gasteiger partial charge on any atom is -0.449 e. The van der Waals surface area contributed by atoms with Gasteiger partial charge in [-0.1, -0.05) is 26.8 Å². The highest BCUT2D eigenvalue weighted by atomic mass is 32.2. The second kappa shape index (κ2) is 12.5. The zero-order valence-corrected chi connectivity index (χ0v) is 28.3. The maximum absolute atomic E-state index is 18.6. The van der Waals surface area contributed by atoms with Gasteiger partial charge in [-0.25, -0.2) is 22.3 Å².